The minimum absolute atomic E-state index is 0.122. The molecule has 3 amide bonds. The molecule has 0 radical (unpaired) electrons. The predicted octanol–water partition coefficient (Wildman–Crippen LogP) is 5.35. The van der Waals surface area contributed by atoms with E-state index in [0.29, 0.717) is 47.7 Å². The highest BCUT2D eigenvalue weighted by Gasteiger charge is 2.22. The molecule has 0 saturated carbocycles. The summed E-state index contributed by atoms with van der Waals surface area (Å²) in [5.41, 5.74) is 2.64. The normalized spacial score (nSPS) is 14.2. The van der Waals surface area contributed by atoms with E-state index in [4.69, 9.17) is 4.74 Å². The first kappa shape index (κ1) is 24.4. The van der Waals surface area contributed by atoms with Gasteiger partial charge in [-0.1, -0.05) is 32.9 Å². The SMILES string of the molecule is CCOc1ccccc1NC(=O)Nc1ccc(N2CCC(C)CC2)c(C(=O)NCC(C)C)c1. The van der Waals surface area contributed by atoms with Crippen LogP contribution in [0.2, 0.25) is 0 Å². The molecule has 1 saturated heterocycles. The average Bonchev–Trinajstić information content (AvgIpc) is 2.79. The van der Waals surface area contributed by atoms with Gasteiger partial charge in [-0.3, -0.25) is 4.79 Å². The van der Waals surface area contributed by atoms with Gasteiger partial charge >= 0.3 is 6.03 Å². The molecule has 2 aromatic carbocycles. The van der Waals surface area contributed by atoms with Crippen LogP contribution in [0.1, 0.15) is 50.9 Å². The molecule has 178 valence electrons. The van der Waals surface area contributed by atoms with Crippen molar-refractivity contribution in [2.45, 2.75) is 40.5 Å². The van der Waals surface area contributed by atoms with Crippen molar-refractivity contribution in [3.8, 4) is 5.75 Å². The van der Waals surface area contributed by atoms with Crippen LogP contribution in [0.3, 0.4) is 0 Å². The summed E-state index contributed by atoms with van der Waals surface area (Å²) in [6, 6.07) is 12.4. The van der Waals surface area contributed by atoms with Crippen LogP contribution in [0, 0.1) is 11.8 Å². The number of ether oxygens (including phenoxy) is 1. The number of nitrogens with one attached hydrogen (secondary N) is 3. The van der Waals surface area contributed by atoms with Crippen molar-refractivity contribution in [2.75, 3.05) is 41.8 Å². The third kappa shape index (κ3) is 6.88. The maximum Gasteiger partial charge on any atom is 0.323 e. The van der Waals surface area contributed by atoms with Gasteiger partial charge in [-0.15, -0.1) is 0 Å². The number of benzene rings is 2. The molecule has 1 aliphatic rings. The zero-order valence-corrected chi connectivity index (χ0v) is 20.1. The molecule has 7 heteroatoms. The van der Waals surface area contributed by atoms with Crippen LogP contribution in [0.25, 0.3) is 0 Å². The summed E-state index contributed by atoms with van der Waals surface area (Å²) >= 11 is 0. The highest BCUT2D eigenvalue weighted by Crippen LogP contribution is 2.29. The van der Waals surface area contributed by atoms with Gasteiger partial charge in [-0.2, -0.15) is 0 Å². The van der Waals surface area contributed by atoms with Crippen LogP contribution in [-0.2, 0) is 0 Å². The van der Waals surface area contributed by atoms with Crippen molar-refractivity contribution >= 4 is 29.0 Å². The molecule has 33 heavy (non-hydrogen) atoms. The largest absolute Gasteiger partial charge is 0.492 e. The molecule has 0 atom stereocenters. The fourth-order valence-corrected chi connectivity index (χ4v) is 3.85. The van der Waals surface area contributed by atoms with Gasteiger partial charge in [-0.05, 0) is 61.9 Å². The van der Waals surface area contributed by atoms with Gasteiger partial charge in [0.25, 0.3) is 5.91 Å². The lowest BCUT2D eigenvalue weighted by Crippen LogP contribution is -2.35. The number of piperidine rings is 1. The number of carbonyl (C=O) groups excluding carboxylic acids is 2. The van der Waals surface area contributed by atoms with E-state index in [1.165, 1.54) is 0 Å². The number of anilines is 3. The highest BCUT2D eigenvalue weighted by molar-refractivity contribution is 6.04. The van der Waals surface area contributed by atoms with E-state index in [2.05, 4.69) is 41.6 Å². The van der Waals surface area contributed by atoms with Gasteiger partial charge in [0, 0.05) is 31.0 Å². The Balaban J connectivity index is 1.78. The Kier molecular flexibility index (Phi) is 8.58. The molecule has 0 unspecified atom stereocenters. The molecular formula is C26H36N4O3. The Hall–Kier alpha value is -3.22. The van der Waals surface area contributed by atoms with E-state index in [1.54, 1.807) is 12.1 Å². The summed E-state index contributed by atoms with van der Waals surface area (Å²) in [6.07, 6.45) is 2.21. The molecule has 3 rings (SSSR count). The Morgan fingerprint density at radius 2 is 1.82 bits per heavy atom. The second-order valence-electron chi connectivity index (χ2n) is 9.01. The molecule has 2 aromatic rings. The average molecular weight is 453 g/mol. The number of rotatable bonds is 8. The number of carbonyl (C=O) groups is 2. The van der Waals surface area contributed by atoms with Gasteiger partial charge in [-0.25, -0.2) is 4.79 Å². The summed E-state index contributed by atoms with van der Waals surface area (Å²) in [7, 11) is 0. The number of para-hydroxylation sites is 2. The summed E-state index contributed by atoms with van der Waals surface area (Å²) in [5, 5.41) is 8.70. The zero-order chi connectivity index (χ0) is 23.8. The molecule has 0 bridgehead atoms. The number of hydrogen-bond donors (Lipinski definition) is 3. The van der Waals surface area contributed by atoms with Crippen LogP contribution in [0.15, 0.2) is 42.5 Å². The maximum absolute atomic E-state index is 13.0. The summed E-state index contributed by atoms with van der Waals surface area (Å²) in [6.45, 7) is 11.2. The van der Waals surface area contributed by atoms with E-state index in [0.717, 1.165) is 31.6 Å². The maximum atomic E-state index is 13.0. The quantitative estimate of drug-likeness (QED) is 0.504. The number of urea groups is 1. The van der Waals surface area contributed by atoms with Crippen molar-refractivity contribution in [1.82, 2.24) is 5.32 Å². The van der Waals surface area contributed by atoms with Crippen molar-refractivity contribution in [3.05, 3.63) is 48.0 Å². The number of amides is 3. The van der Waals surface area contributed by atoms with Crippen molar-refractivity contribution in [2.24, 2.45) is 11.8 Å². The van der Waals surface area contributed by atoms with E-state index < -0.39 is 6.03 Å². The fraction of sp³-hybridized carbons (Fsp3) is 0.462. The molecule has 0 spiro atoms. The summed E-state index contributed by atoms with van der Waals surface area (Å²) < 4.78 is 5.57. The second kappa shape index (κ2) is 11.6. The monoisotopic (exact) mass is 452 g/mol. The molecule has 3 N–H and O–H groups in total. The molecule has 0 aromatic heterocycles. The Labute approximate surface area is 196 Å². The Morgan fingerprint density at radius 1 is 1.09 bits per heavy atom. The van der Waals surface area contributed by atoms with E-state index >= 15 is 0 Å². The lowest BCUT2D eigenvalue weighted by molar-refractivity contribution is 0.0949. The first-order valence-electron chi connectivity index (χ1n) is 11.8. The lowest BCUT2D eigenvalue weighted by Gasteiger charge is -2.33. The summed E-state index contributed by atoms with van der Waals surface area (Å²) in [5.74, 6) is 1.54. The molecular weight excluding hydrogens is 416 g/mol. The van der Waals surface area contributed by atoms with Gasteiger partial charge in [0.15, 0.2) is 0 Å². The fourth-order valence-electron chi connectivity index (χ4n) is 3.85. The molecule has 1 fully saturated rings. The van der Waals surface area contributed by atoms with E-state index in [-0.39, 0.29) is 5.91 Å². The summed E-state index contributed by atoms with van der Waals surface area (Å²) in [4.78, 5) is 28.0. The first-order valence-corrected chi connectivity index (χ1v) is 11.8. The Bertz CT molecular complexity index is 952. The predicted molar refractivity (Wildman–Crippen MR) is 134 cm³/mol. The number of hydrogen-bond acceptors (Lipinski definition) is 4. The Morgan fingerprint density at radius 3 is 2.52 bits per heavy atom. The van der Waals surface area contributed by atoms with Crippen LogP contribution < -0.4 is 25.6 Å². The van der Waals surface area contributed by atoms with Crippen LogP contribution in [0.5, 0.6) is 5.75 Å². The second-order valence-corrected chi connectivity index (χ2v) is 9.01. The minimum atomic E-state index is -0.393. The first-order chi connectivity index (χ1) is 15.9. The minimum Gasteiger partial charge on any atom is -0.492 e. The number of nitrogens with zero attached hydrogens (tertiary/aromatic N) is 1. The van der Waals surface area contributed by atoms with Crippen molar-refractivity contribution in [3.63, 3.8) is 0 Å². The van der Waals surface area contributed by atoms with Gasteiger partial charge < -0.3 is 25.6 Å². The zero-order valence-electron chi connectivity index (χ0n) is 20.1. The highest BCUT2D eigenvalue weighted by atomic mass is 16.5. The molecule has 0 aliphatic carbocycles. The molecule has 7 nitrogen and oxygen atoms in total. The van der Waals surface area contributed by atoms with Crippen LogP contribution in [-0.4, -0.2) is 38.2 Å². The molecule has 1 heterocycles. The van der Waals surface area contributed by atoms with Gasteiger partial charge in [0.05, 0.1) is 17.9 Å². The molecule has 1 aliphatic heterocycles. The standard InChI is InChI=1S/C26H36N4O3/c1-5-33-24-9-7-6-8-22(24)29-26(32)28-20-10-11-23(30-14-12-19(4)13-15-30)21(16-20)25(31)27-17-18(2)3/h6-11,16,18-19H,5,12-15,17H2,1-4H3,(H,27,31)(H2,28,29,32). The van der Waals surface area contributed by atoms with Gasteiger partial charge in [0.1, 0.15) is 5.75 Å². The smallest absolute Gasteiger partial charge is 0.323 e. The third-order valence-electron chi connectivity index (χ3n) is 5.73. The lowest BCUT2D eigenvalue weighted by atomic mass is 9.97. The van der Waals surface area contributed by atoms with Crippen molar-refractivity contribution in [1.29, 1.82) is 0 Å². The van der Waals surface area contributed by atoms with Crippen LogP contribution >= 0.6 is 0 Å². The van der Waals surface area contributed by atoms with Gasteiger partial charge in [0.2, 0.25) is 0 Å². The van der Waals surface area contributed by atoms with E-state index in [1.807, 2.05) is 37.3 Å². The third-order valence-corrected chi connectivity index (χ3v) is 5.73. The van der Waals surface area contributed by atoms with Crippen molar-refractivity contribution < 1.29 is 14.3 Å². The topological polar surface area (TPSA) is 82.7 Å². The van der Waals surface area contributed by atoms with E-state index in [9.17, 15) is 9.59 Å². The van der Waals surface area contributed by atoms with Crippen LogP contribution in [0.4, 0.5) is 21.9 Å².